The second kappa shape index (κ2) is 3.66. The van der Waals surface area contributed by atoms with Crippen molar-refractivity contribution in [3.05, 3.63) is 36.7 Å². The highest BCUT2D eigenvalue weighted by atomic mass is 15.3. The monoisotopic (exact) mass is 228 g/mol. The first-order valence-corrected chi connectivity index (χ1v) is 6.97. The molecule has 2 heteroatoms. The number of nitrogens with one attached hydrogen (secondary N) is 1. The number of fused-ring (bicyclic) bond motifs is 3. The van der Waals surface area contributed by atoms with Crippen LogP contribution in [0, 0.1) is 17.8 Å². The molecule has 2 aliphatic carbocycles. The zero-order chi connectivity index (χ0) is 11.2. The molecule has 90 valence electrons. The summed E-state index contributed by atoms with van der Waals surface area (Å²) >= 11 is 0. The van der Waals surface area contributed by atoms with Crippen molar-refractivity contribution in [3.8, 4) is 0 Å². The van der Waals surface area contributed by atoms with Crippen molar-refractivity contribution in [1.82, 2.24) is 10.2 Å². The molecule has 0 spiro atoms. The van der Waals surface area contributed by atoms with Crippen LogP contribution in [0.5, 0.6) is 0 Å². The van der Waals surface area contributed by atoms with E-state index in [1.165, 1.54) is 19.3 Å². The van der Waals surface area contributed by atoms with Crippen molar-refractivity contribution in [2.45, 2.75) is 31.3 Å². The van der Waals surface area contributed by atoms with E-state index >= 15 is 0 Å². The lowest BCUT2D eigenvalue weighted by molar-refractivity contribution is 0.176. The second-order valence-electron chi connectivity index (χ2n) is 5.83. The van der Waals surface area contributed by atoms with Crippen LogP contribution in [0.15, 0.2) is 36.7 Å². The summed E-state index contributed by atoms with van der Waals surface area (Å²) < 4.78 is 0. The molecule has 1 saturated heterocycles. The summed E-state index contributed by atoms with van der Waals surface area (Å²) in [7, 11) is 0. The number of allylic oxidation sites excluding steroid dienone is 3. The van der Waals surface area contributed by atoms with Gasteiger partial charge in [-0.1, -0.05) is 30.7 Å². The number of hydrogen-bond acceptors (Lipinski definition) is 2. The summed E-state index contributed by atoms with van der Waals surface area (Å²) in [4.78, 5) is 2.65. The number of nitrogens with zero attached hydrogens (tertiary/aromatic N) is 1. The Morgan fingerprint density at radius 1 is 1.06 bits per heavy atom. The van der Waals surface area contributed by atoms with E-state index in [1.807, 2.05) is 0 Å². The summed E-state index contributed by atoms with van der Waals surface area (Å²) in [5, 5.41) is 3.41. The maximum atomic E-state index is 3.41. The highest BCUT2D eigenvalue weighted by Crippen LogP contribution is 2.48. The van der Waals surface area contributed by atoms with E-state index in [4.69, 9.17) is 0 Å². The van der Waals surface area contributed by atoms with Gasteiger partial charge < -0.3 is 10.2 Å². The lowest BCUT2D eigenvalue weighted by atomic mass is 9.71. The summed E-state index contributed by atoms with van der Waals surface area (Å²) in [6.07, 6.45) is 18.1. The molecule has 2 fully saturated rings. The summed E-state index contributed by atoms with van der Waals surface area (Å²) in [6.45, 7) is 1.12. The van der Waals surface area contributed by atoms with Crippen LogP contribution in [-0.2, 0) is 0 Å². The third kappa shape index (κ3) is 1.33. The Balaban J connectivity index is 1.77. The Morgan fingerprint density at radius 3 is 3.00 bits per heavy atom. The van der Waals surface area contributed by atoms with Crippen molar-refractivity contribution in [3.63, 3.8) is 0 Å². The molecule has 4 rings (SSSR count). The fraction of sp³-hybridized carbons (Fsp3) is 0.600. The molecule has 2 nitrogen and oxygen atoms in total. The van der Waals surface area contributed by atoms with E-state index in [0.29, 0.717) is 6.04 Å². The molecule has 17 heavy (non-hydrogen) atoms. The minimum atomic E-state index is 0.687. The zero-order valence-electron chi connectivity index (χ0n) is 10.1. The van der Waals surface area contributed by atoms with Crippen LogP contribution >= 0.6 is 0 Å². The predicted octanol–water partition coefficient (Wildman–Crippen LogP) is 2.27. The van der Waals surface area contributed by atoms with E-state index in [0.717, 1.165) is 30.3 Å². The standard InChI is InChI=1S/C15H20N2/c1-2-6-12-14-10-16-8-9-17(14)13-7-3-5-11(4-1)15(12)13/h1-2,4,6,8-9,11-16H,3,5,7,10H2. The van der Waals surface area contributed by atoms with Gasteiger partial charge in [-0.2, -0.15) is 0 Å². The van der Waals surface area contributed by atoms with Crippen molar-refractivity contribution in [1.29, 1.82) is 0 Å². The van der Waals surface area contributed by atoms with Crippen LogP contribution in [0.3, 0.4) is 0 Å². The molecule has 5 unspecified atom stereocenters. The van der Waals surface area contributed by atoms with E-state index in [2.05, 4.69) is 46.9 Å². The van der Waals surface area contributed by atoms with Gasteiger partial charge in [-0.3, -0.25) is 0 Å². The SMILES string of the molecule is C1=CC2CCCC3C2C(C=C1)C1CNC=CN13. The number of rotatable bonds is 0. The Kier molecular flexibility index (Phi) is 2.11. The molecule has 1 saturated carbocycles. The largest absolute Gasteiger partial charge is 0.388 e. The molecule has 1 N–H and O–H groups in total. The van der Waals surface area contributed by atoms with Gasteiger partial charge in [0.05, 0.1) is 6.04 Å². The molecule has 0 aromatic heterocycles. The first-order chi connectivity index (χ1) is 8.45. The van der Waals surface area contributed by atoms with Crippen LogP contribution in [0.1, 0.15) is 19.3 Å². The smallest absolute Gasteiger partial charge is 0.0526 e. The van der Waals surface area contributed by atoms with E-state index in [1.54, 1.807) is 0 Å². The van der Waals surface area contributed by atoms with Gasteiger partial charge >= 0.3 is 0 Å². The number of hydrogen-bond donors (Lipinski definition) is 1. The topological polar surface area (TPSA) is 15.3 Å². The Hall–Kier alpha value is -1.18. The van der Waals surface area contributed by atoms with Crippen LogP contribution in [-0.4, -0.2) is 23.5 Å². The van der Waals surface area contributed by atoms with Gasteiger partial charge in [0, 0.05) is 30.9 Å². The highest BCUT2D eigenvalue weighted by molar-refractivity contribution is 5.22. The van der Waals surface area contributed by atoms with Crippen molar-refractivity contribution >= 4 is 0 Å². The second-order valence-corrected chi connectivity index (χ2v) is 5.83. The lowest BCUT2D eigenvalue weighted by Gasteiger charge is -2.37. The fourth-order valence-corrected chi connectivity index (χ4v) is 4.49. The quantitative estimate of drug-likeness (QED) is 0.684. The molecule has 2 aliphatic heterocycles. The minimum Gasteiger partial charge on any atom is -0.388 e. The summed E-state index contributed by atoms with van der Waals surface area (Å²) in [6, 6.07) is 1.47. The predicted molar refractivity (Wildman–Crippen MR) is 69.2 cm³/mol. The minimum absolute atomic E-state index is 0.687. The molecule has 4 aliphatic rings. The summed E-state index contributed by atoms with van der Waals surface area (Å²) in [5.41, 5.74) is 0. The highest BCUT2D eigenvalue weighted by Gasteiger charge is 2.50. The van der Waals surface area contributed by atoms with Gasteiger partial charge in [0.15, 0.2) is 0 Å². The van der Waals surface area contributed by atoms with Gasteiger partial charge in [0.1, 0.15) is 0 Å². The first-order valence-electron chi connectivity index (χ1n) is 6.97. The average molecular weight is 228 g/mol. The van der Waals surface area contributed by atoms with E-state index < -0.39 is 0 Å². The van der Waals surface area contributed by atoms with Gasteiger partial charge in [0.25, 0.3) is 0 Å². The van der Waals surface area contributed by atoms with Gasteiger partial charge in [-0.15, -0.1) is 0 Å². The third-order valence-electron chi connectivity index (χ3n) is 5.12. The Labute approximate surface area is 103 Å². The lowest BCUT2D eigenvalue weighted by Crippen LogP contribution is -2.43. The van der Waals surface area contributed by atoms with Crippen molar-refractivity contribution < 1.29 is 0 Å². The van der Waals surface area contributed by atoms with E-state index in [9.17, 15) is 0 Å². The molecule has 0 radical (unpaired) electrons. The maximum absolute atomic E-state index is 3.41. The molecular formula is C15H20N2. The van der Waals surface area contributed by atoms with Gasteiger partial charge in [0.2, 0.25) is 0 Å². The van der Waals surface area contributed by atoms with Crippen molar-refractivity contribution in [2.75, 3.05) is 6.54 Å². The first kappa shape index (κ1) is 9.81. The molecule has 0 aromatic rings. The van der Waals surface area contributed by atoms with Gasteiger partial charge in [-0.05, 0) is 24.7 Å². The fourth-order valence-electron chi connectivity index (χ4n) is 4.49. The normalized spacial score (nSPS) is 46.1. The van der Waals surface area contributed by atoms with Crippen LogP contribution in [0.25, 0.3) is 0 Å². The van der Waals surface area contributed by atoms with Crippen LogP contribution < -0.4 is 5.32 Å². The molecule has 2 heterocycles. The molecule has 0 aromatic carbocycles. The van der Waals surface area contributed by atoms with Crippen molar-refractivity contribution in [2.24, 2.45) is 17.8 Å². The van der Waals surface area contributed by atoms with Crippen LogP contribution in [0.4, 0.5) is 0 Å². The third-order valence-corrected chi connectivity index (χ3v) is 5.12. The Morgan fingerprint density at radius 2 is 2.00 bits per heavy atom. The van der Waals surface area contributed by atoms with Gasteiger partial charge in [-0.25, -0.2) is 0 Å². The molecular weight excluding hydrogens is 208 g/mol. The zero-order valence-corrected chi connectivity index (χ0v) is 10.1. The average Bonchev–Trinajstić information content (AvgIpc) is 2.56. The maximum Gasteiger partial charge on any atom is 0.0526 e. The Bertz CT molecular complexity index is 396. The van der Waals surface area contributed by atoms with Crippen LogP contribution in [0.2, 0.25) is 0 Å². The molecule has 0 amide bonds. The van der Waals surface area contributed by atoms with E-state index in [-0.39, 0.29) is 0 Å². The summed E-state index contributed by atoms with van der Waals surface area (Å²) in [5.74, 6) is 2.42. The molecule has 5 atom stereocenters. The molecule has 0 bridgehead atoms.